The van der Waals surface area contributed by atoms with Gasteiger partial charge in [-0.05, 0) is 111 Å². The highest BCUT2D eigenvalue weighted by atomic mass is 33.1. The lowest BCUT2D eigenvalue weighted by molar-refractivity contribution is -0.137. The Morgan fingerprint density at radius 3 is 2.58 bits per heavy atom. The van der Waals surface area contributed by atoms with Gasteiger partial charge in [-0.15, -0.1) is 0 Å². The highest BCUT2D eigenvalue weighted by Gasteiger charge is 2.59. The monoisotopic (exact) mass is 534 g/mol. The van der Waals surface area contributed by atoms with E-state index < -0.39 is 5.97 Å². The molecule has 4 rings (SSSR count). The van der Waals surface area contributed by atoms with Gasteiger partial charge in [-0.2, -0.15) is 0 Å². The second-order valence-electron chi connectivity index (χ2n) is 13.9. The molecule has 0 saturated heterocycles. The van der Waals surface area contributed by atoms with Crippen molar-refractivity contribution in [3.63, 3.8) is 0 Å². The lowest BCUT2D eigenvalue weighted by atomic mass is 9.47. The van der Waals surface area contributed by atoms with Crippen molar-refractivity contribution in [2.24, 2.45) is 46.3 Å². The Morgan fingerprint density at radius 2 is 1.83 bits per heavy atom. The molecular formula is C32H54O2S2. The number of unbranched alkanes of at least 4 members (excludes halogenated alkanes) is 1. The summed E-state index contributed by atoms with van der Waals surface area (Å²) in [5.74, 6) is 5.93. The third-order valence-corrected chi connectivity index (χ3v) is 14.3. The fourth-order valence-electron chi connectivity index (χ4n) is 9.32. The molecule has 0 spiro atoms. The Hall–Kier alpha value is -0.0900. The minimum absolute atomic E-state index is 0.320. The molecule has 0 aliphatic heterocycles. The van der Waals surface area contributed by atoms with Gasteiger partial charge in [0.15, 0.2) is 0 Å². The van der Waals surface area contributed by atoms with E-state index in [1.165, 1.54) is 70.6 Å². The predicted molar refractivity (Wildman–Crippen MR) is 158 cm³/mol. The van der Waals surface area contributed by atoms with E-state index in [1.807, 2.05) is 10.8 Å². The topological polar surface area (TPSA) is 37.3 Å². The standard InChI is InChI=1S/C32H54O2S2/c1-22(2)9-8-10-23(3)27-14-15-28-26-13-12-24-21-25(36-35-20-7-6-11-30(33)34)16-18-31(24,4)29(26)17-19-32(27,28)5/h12,22-23,25-29H,6-11,13-21H2,1-5H3,(H,33,34)/t23?,25-,26-,27+,28-,29-,31-,32+/m0/s1. The number of carboxylic acid groups (broad SMARTS) is 1. The Balaban J connectivity index is 1.33. The predicted octanol–water partition coefficient (Wildman–Crippen LogP) is 10.0. The van der Waals surface area contributed by atoms with Crippen LogP contribution in [0.1, 0.15) is 125 Å². The summed E-state index contributed by atoms with van der Waals surface area (Å²) < 4.78 is 0. The first-order chi connectivity index (χ1) is 17.1. The van der Waals surface area contributed by atoms with Crippen LogP contribution in [0.2, 0.25) is 0 Å². The zero-order valence-corrected chi connectivity index (χ0v) is 25.5. The van der Waals surface area contributed by atoms with E-state index in [9.17, 15) is 4.79 Å². The number of hydrogen-bond donors (Lipinski definition) is 1. The summed E-state index contributed by atoms with van der Waals surface area (Å²) in [6.07, 6.45) is 20.5. The number of carbonyl (C=O) groups is 1. The van der Waals surface area contributed by atoms with Crippen LogP contribution in [-0.2, 0) is 4.79 Å². The van der Waals surface area contributed by atoms with Crippen molar-refractivity contribution in [1.29, 1.82) is 0 Å². The van der Waals surface area contributed by atoms with E-state index in [1.54, 1.807) is 5.57 Å². The van der Waals surface area contributed by atoms with Gasteiger partial charge in [0.2, 0.25) is 0 Å². The second-order valence-corrected chi connectivity index (χ2v) is 16.7. The number of rotatable bonds is 12. The van der Waals surface area contributed by atoms with Gasteiger partial charge in [0, 0.05) is 17.4 Å². The average Bonchev–Trinajstić information content (AvgIpc) is 3.18. The van der Waals surface area contributed by atoms with Crippen LogP contribution < -0.4 is 0 Å². The van der Waals surface area contributed by atoms with E-state index in [2.05, 4.69) is 51.5 Å². The fraction of sp³-hybridized carbons (Fsp3) is 0.906. The first kappa shape index (κ1) is 28.9. The quantitative estimate of drug-likeness (QED) is 0.153. The minimum atomic E-state index is -0.658. The molecule has 2 nitrogen and oxygen atoms in total. The first-order valence-corrected chi connectivity index (χ1v) is 17.7. The molecule has 0 bridgehead atoms. The maximum atomic E-state index is 10.7. The fourth-order valence-corrected chi connectivity index (χ4v) is 12.1. The van der Waals surface area contributed by atoms with Gasteiger partial charge in [-0.1, -0.05) is 87.1 Å². The van der Waals surface area contributed by atoms with E-state index in [-0.39, 0.29) is 0 Å². The lowest BCUT2D eigenvalue weighted by Crippen LogP contribution is -2.50. The van der Waals surface area contributed by atoms with E-state index in [0.717, 1.165) is 59.4 Å². The summed E-state index contributed by atoms with van der Waals surface area (Å²) in [5, 5.41) is 9.57. The molecule has 4 aliphatic rings. The van der Waals surface area contributed by atoms with Crippen LogP contribution >= 0.6 is 21.6 Å². The van der Waals surface area contributed by atoms with Crippen LogP contribution in [0.15, 0.2) is 11.6 Å². The molecule has 1 N–H and O–H groups in total. The maximum Gasteiger partial charge on any atom is 0.303 e. The van der Waals surface area contributed by atoms with Crippen LogP contribution in [0, 0.1) is 46.3 Å². The smallest absolute Gasteiger partial charge is 0.303 e. The van der Waals surface area contributed by atoms with Crippen LogP contribution in [0.5, 0.6) is 0 Å². The molecule has 0 aromatic rings. The summed E-state index contributed by atoms with van der Waals surface area (Å²) in [7, 11) is 4.09. The molecule has 0 radical (unpaired) electrons. The van der Waals surface area contributed by atoms with Gasteiger partial charge in [-0.25, -0.2) is 0 Å². The Labute approximate surface area is 230 Å². The molecule has 4 heteroatoms. The number of fused-ring (bicyclic) bond motifs is 5. The molecule has 0 amide bonds. The molecule has 4 aliphatic carbocycles. The molecule has 3 saturated carbocycles. The summed E-state index contributed by atoms with van der Waals surface area (Å²) in [6.45, 7) is 12.7. The number of carboxylic acids is 1. The third-order valence-electron chi connectivity index (χ3n) is 11.3. The zero-order chi connectivity index (χ0) is 25.9. The van der Waals surface area contributed by atoms with Crippen molar-refractivity contribution in [1.82, 2.24) is 0 Å². The van der Waals surface area contributed by atoms with Gasteiger partial charge in [-0.3, -0.25) is 4.79 Å². The first-order valence-electron chi connectivity index (χ1n) is 15.3. The van der Waals surface area contributed by atoms with E-state index in [4.69, 9.17) is 5.11 Å². The van der Waals surface area contributed by atoms with Gasteiger partial charge in [0.05, 0.1) is 0 Å². The van der Waals surface area contributed by atoms with E-state index in [0.29, 0.717) is 17.3 Å². The Bertz CT molecular complexity index is 778. The number of aliphatic carboxylic acids is 1. The highest BCUT2D eigenvalue weighted by molar-refractivity contribution is 8.76. The summed E-state index contributed by atoms with van der Waals surface area (Å²) >= 11 is 0. The Kier molecular flexibility index (Phi) is 9.95. The van der Waals surface area contributed by atoms with Crippen LogP contribution in [-0.4, -0.2) is 22.1 Å². The molecule has 0 aromatic heterocycles. The van der Waals surface area contributed by atoms with Gasteiger partial charge in [0.1, 0.15) is 0 Å². The van der Waals surface area contributed by atoms with Crippen molar-refractivity contribution in [2.75, 3.05) is 5.75 Å². The highest BCUT2D eigenvalue weighted by Crippen LogP contribution is 2.67. The molecule has 206 valence electrons. The molecule has 8 atom stereocenters. The SMILES string of the molecule is CC(C)CCCC(C)[C@H]1CC[C@H]2[C@@H]3CC=C4C[C@@H](SSCCCCC(=O)O)CC[C@]4(C)[C@H]3CC[C@]12C. The molecule has 36 heavy (non-hydrogen) atoms. The van der Waals surface area contributed by atoms with Crippen LogP contribution in [0.3, 0.4) is 0 Å². The van der Waals surface area contributed by atoms with Crippen molar-refractivity contribution in [2.45, 2.75) is 130 Å². The van der Waals surface area contributed by atoms with Gasteiger partial charge < -0.3 is 5.11 Å². The van der Waals surface area contributed by atoms with Gasteiger partial charge in [0.25, 0.3) is 0 Å². The lowest BCUT2D eigenvalue weighted by Gasteiger charge is -2.58. The normalized spacial score (nSPS) is 38.7. The van der Waals surface area contributed by atoms with Crippen molar-refractivity contribution < 1.29 is 9.90 Å². The molecule has 0 heterocycles. The summed E-state index contributed by atoms with van der Waals surface area (Å²) in [5.41, 5.74) is 2.85. The van der Waals surface area contributed by atoms with Crippen molar-refractivity contribution in [3.05, 3.63) is 11.6 Å². The van der Waals surface area contributed by atoms with E-state index >= 15 is 0 Å². The maximum absolute atomic E-state index is 10.7. The molecule has 3 fully saturated rings. The van der Waals surface area contributed by atoms with Gasteiger partial charge >= 0.3 is 5.97 Å². The molecular weight excluding hydrogens is 480 g/mol. The van der Waals surface area contributed by atoms with Crippen LogP contribution in [0.25, 0.3) is 0 Å². The largest absolute Gasteiger partial charge is 0.481 e. The van der Waals surface area contributed by atoms with Crippen LogP contribution in [0.4, 0.5) is 0 Å². The molecule has 0 aromatic carbocycles. The summed E-state index contributed by atoms with van der Waals surface area (Å²) in [4.78, 5) is 10.7. The zero-order valence-electron chi connectivity index (χ0n) is 23.9. The van der Waals surface area contributed by atoms with Crippen molar-refractivity contribution >= 4 is 27.6 Å². The number of hydrogen-bond acceptors (Lipinski definition) is 3. The van der Waals surface area contributed by atoms with Crippen molar-refractivity contribution in [3.8, 4) is 0 Å². The average molecular weight is 535 g/mol. The molecule has 1 unspecified atom stereocenters. The Morgan fingerprint density at radius 1 is 1.03 bits per heavy atom. The minimum Gasteiger partial charge on any atom is -0.481 e. The summed E-state index contributed by atoms with van der Waals surface area (Å²) in [6, 6.07) is 0. The third kappa shape index (κ3) is 6.21. The second kappa shape index (κ2) is 12.4. The number of allylic oxidation sites excluding steroid dienone is 2.